The van der Waals surface area contributed by atoms with Crippen LogP contribution in [0.1, 0.15) is 43.4 Å². The lowest BCUT2D eigenvalue weighted by atomic mass is 9.80. The van der Waals surface area contributed by atoms with Gasteiger partial charge in [0, 0.05) is 12.0 Å². The van der Waals surface area contributed by atoms with Gasteiger partial charge in [0.2, 0.25) is 0 Å². The van der Waals surface area contributed by atoms with E-state index < -0.39 is 0 Å². The predicted octanol–water partition coefficient (Wildman–Crippen LogP) is 3.22. The fourth-order valence-corrected chi connectivity index (χ4v) is 3.86. The SMILES string of the molecule is CCNC(c1ccc(OC)cc1C)C1CC2CCC1O2. The Morgan fingerprint density at radius 2 is 2.25 bits per heavy atom. The molecule has 3 heteroatoms. The van der Waals surface area contributed by atoms with E-state index in [1.165, 1.54) is 30.4 Å². The number of benzene rings is 1. The van der Waals surface area contributed by atoms with Gasteiger partial charge in [-0.05, 0) is 56.0 Å². The molecule has 2 aliphatic rings. The molecule has 2 aliphatic heterocycles. The van der Waals surface area contributed by atoms with Crippen LogP contribution in [0.3, 0.4) is 0 Å². The van der Waals surface area contributed by atoms with Crippen LogP contribution in [0.4, 0.5) is 0 Å². The van der Waals surface area contributed by atoms with Gasteiger partial charge in [-0.2, -0.15) is 0 Å². The van der Waals surface area contributed by atoms with Crippen molar-refractivity contribution in [3.8, 4) is 5.75 Å². The van der Waals surface area contributed by atoms with Gasteiger partial charge >= 0.3 is 0 Å². The zero-order valence-corrected chi connectivity index (χ0v) is 12.7. The maximum absolute atomic E-state index is 6.05. The quantitative estimate of drug-likeness (QED) is 0.895. The maximum atomic E-state index is 6.05. The highest BCUT2D eigenvalue weighted by Gasteiger charge is 2.44. The Morgan fingerprint density at radius 3 is 2.80 bits per heavy atom. The molecular formula is C17H25NO2. The molecule has 4 unspecified atom stereocenters. The number of aryl methyl sites for hydroxylation is 1. The highest BCUT2D eigenvalue weighted by Crippen LogP contribution is 2.45. The highest BCUT2D eigenvalue weighted by atomic mass is 16.5. The molecule has 0 saturated carbocycles. The molecule has 3 rings (SSSR count). The van der Waals surface area contributed by atoms with Crippen molar-refractivity contribution in [2.24, 2.45) is 5.92 Å². The van der Waals surface area contributed by atoms with E-state index in [-0.39, 0.29) is 0 Å². The summed E-state index contributed by atoms with van der Waals surface area (Å²) < 4.78 is 11.4. The average molecular weight is 275 g/mol. The van der Waals surface area contributed by atoms with E-state index in [9.17, 15) is 0 Å². The molecule has 1 aromatic carbocycles. The molecule has 2 fully saturated rings. The van der Waals surface area contributed by atoms with Crippen LogP contribution in [-0.4, -0.2) is 25.9 Å². The number of fused-ring (bicyclic) bond motifs is 2. The first kappa shape index (κ1) is 13.9. The first-order chi connectivity index (χ1) is 9.72. The predicted molar refractivity (Wildman–Crippen MR) is 80.2 cm³/mol. The van der Waals surface area contributed by atoms with Crippen LogP contribution in [0.15, 0.2) is 18.2 Å². The van der Waals surface area contributed by atoms with Crippen LogP contribution in [-0.2, 0) is 4.74 Å². The molecule has 110 valence electrons. The van der Waals surface area contributed by atoms with Gasteiger partial charge in [0.25, 0.3) is 0 Å². The fourth-order valence-electron chi connectivity index (χ4n) is 3.86. The molecule has 2 bridgehead atoms. The molecular weight excluding hydrogens is 250 g/mol. The van der Waals surface area contributed by atoms with Crippen LogP contribution in [0.25, 0.3) is 0 Å². The Balaban J connectivity index is 1.86. The summed E-state index contributed by atoms with van der Waals surface area (Å²) in [7, 11) is 1.72. The normalized spacial score (nSPS) is 29.6. The number of ether oxygens (including phenoxy) is 2. The van der Waals surface area contributed by atoms with Gasteiger partial charge in [-0.25, -0.2) is 0 Å². The summed E-state index contributed by atoms with van der Waals surface area (Å²) in [5.74, 6) is 1.55. The summed E-state index contributed by atoms with van der Waals surface area (Å²) in [5.41, 5.74) is 2.70. The zero-order chi connectivity index (χ0) is 14.1. The number of hydrogen-bond donors (Lipinski definition) is 1. The zero-order valence-electron chi connectivity index (χ0n) is 12.7. The van der Waals surface area contributed by atoms with Gasteiger partial charge in [-0.15, -0.1) is 0 Å². The van der Waals surface area contributed by atoms with E-state index in [1.807, 2.05) is 0 Å². The molecule has 1 aromatic rings. The lowest BCUT2D eigenvalue weighted by molar-refractivity contribution is 0.0857. The van der Waals surface area contributed by atoms with Gasteiger partial charge in [-0.3, -0.25) is 0 Å². The third-order valence-electron chi connectivity index (χ3n) is 4.82. The van der Waals surface area contributed by atoms with E-state index in [2.05, 4.69) is 37.4 Å². The molecule has 0 spiro atoms. The van der Waals surface area contributed by atoms with Crippen molar-refractivity contribution in [2.75, 3.05) is 13.7 Å². The molecule has 1 N–H and O–H groups in total. The van der Waals surface area contributed by atoms with Crippen LogP contribution < -0.4 is 10.1 Å². The van der Waals surface area contributed by atoms with Crippen LogP contribution in [0.2, 0.25) is 0 Å². The largest absolute Gasteiger partial charge is 0.497 e. The van der Waals surface area contributed by atoms with Crippen molar-refractivity contribution in [1.29, 1.82) is 0 Å². The number of nitrogens with one attached hydrogen (secondary N) is 1. The number of rotatable bonds is 5. The second kappa shape index (κ2) is 5.74. The van der Waals surface area contributed by atoms with Crippen molar-refractivity contribution in [1.82, 2.24) is 5.32 Å². The first-order valence-electron chi connectivity index (χ1n) is 7.76. The minimum absolute atomic E-state index is 0.404. The lowest BCUT2D eigenvalue weighted by Crippen LogP contribution is -2.34. The van der Waals surface area contributed by atoms with Crippen molar-refractivity contribution < 1.29 is 9.47 Å². The van der Waals surface area contributed by atoms with Gasteiger partial charge in [0.1, 0.15) is 5.75 Å². The Hall–Kier alpha value is -1.06. The summed E-state index contributed by atoms with van der Waals surface area (Å²) in [5, 5.41) is 3.68. The summed E-state index contributed by atoms with van der Waals surface area (Å²) in [4.78, 5) is 0. The standard InChI is InChI=1S/C17H25NO2/c1-4-18-17(15-10-13-6-8-16(15)20-13)14-7-5-12(19-3)9-11(14)2/h5,7,9,13,15-18H,4,6,8,10H2,1-3H3. The lowest BCUT2D eigenvalue weighted by Gasteiger charge is -2.30. The van der Waals surface area contributed by atoms with E-state index in [4.69, 9.17) is 9.47 Å². The second-order valence-electron chi connectivity index (χ2n) is 6.03. The summed E-state index contributed by atoms with van der Waals surface area (Å²) in [6.45, 7) is 5.35. The van der Waals surface area contributed by atoms with E-state index in [0.717, 1.165) is 12.3 Å². The summed E-state index contributed by atoms with van der Waals surface area (Å²) in [6.07, 6.45) is 4.64. The van der Waals surface area contributed by atoms with Crippen molar-refractivity contribution in [3.63, 3.8) is 0 Å². The third kappa shape index (κ3) is 2.45. The first-order valence-corrected chi connectivity index (χ1v) is 7.76. The molecule has 2 heterocycles. The van der Waals surface area contributed by atoms with Crippen molar-refractivity contribution in [3.05, 3.63) is 29.3 Å². The topological polar surface area (TPSA) is 30.5 Å². The molecule has 20 heavy (non-hydrogen) atoms. The molecule has 4 atom stereocenters. The average Bonchev–Trinajstić information content (AvgIpc) is 3.07. The van der Waals surface area contributed by atoms with Crippen LogP contribution in [0.5, 0.6) is 5.75 Å². The number of hydrogen-bond acceptors (Lipinski definition) is 3. The van der Waals surface area contributed by atoms with Gasteiger partial charge in [0.15, 0.2) is 0 Å². The molecule has 0 aliphatic carbocycles. The smallest absolute Gasteiger partial charge is 0.119 e. The number of methoxy groups -OCH3 is 1. The monoisotopic (exact) mass is 275 g/mol. The van der Waals surface area contributed by atoms with E-state index in [1.54, 1.807) is 7.11 Å². The molecule has 0 amide bonds. The Labute approximate surface area is 121 Å². The van der Waals surface area contributed by atoms with Gasteiger partial charge in [-0.1, -0.05) is 13.0 Å². The Bertz CT molecular complexity index is 474. The van der Waals surface area contributed by atoms with Crippen molar-refractivity contribution >= 4 is 0 Å². The minimum atomic E-state index is 0.404. The summed E-state index contributed by atoms with van der Waals surface area (Å²) >= 11 is 0. The molecule has 0 radical (unpaired) electrons. The van der Waals surface area contributed by atoms with E-state index >= 15 is 0 Å². The molecule has 3 nitrogen and oxygen atoms in total. The Kier molecular flexibility index (Phi) is 3.99. The van der Waals surface area contributed by atoms with E-state index in [0.29, 0.717) is 24.2 Å². The fraction of sp³-hybridized carbons (Fsp3) is 0.647. The van der Waals surface area contributed by atoms with Crippen LogP contribution >= 0.6 is 0 Å². The third-order valence-corrected chi connectivity index (χ3v) is 4.82. The van der Waals surface area contributed by atoms with Gasteiger partial charge in [0.05, 0.1) is 19.3 Å². The van der Waals surface area contributed by atoms with Gasteiger partial charge < -0.3 is 14.8 Å². The highest BCUT2D eigenvalue weighted by molar-refractivity contribution is 5.37. The van der Waals surface area contributed by atoms with Crippen molar-refractivity contribution in [2.45, 2.75) is 51.4 Å². The Morgan fingerprint density at radius 1 is 1.40 bits per heavy atom. The summed E-state index contributed by atoms with van der Waals surface area (Å²) in [6, 6.07) is 6.82. The molecule has 2 saturated heterocycles. The molecule has 0 aromatic heterocycles. The second-order valence-corrected chi connectivity index (χ2v) is 6.03. The minimum Gasteiger partial charge on any atom is -0.497 e. The van der Waals surface area contributed by atoms with Crippen LogP contribution in [0, 0.1) is 12.8 Å². The maximum Gasteiger partial charge on any atom is 0.119 e.